The summed E-state index contributed by atoms with van der Waals surface area (Å²) in [6.07, 6.45) is 6.89. The van der Waals surface area contributed by atoms with E-state index in [2.05, 4.69) is 26.0 Å². The van der Waals surface area contributed by atoms with Gasteiger partial charge in [-0.25, -0.2) is 13.8 Å². The van der Waals surface area contributed by atoms with Gasteiger partial charge >= 0.3 is 0 Å². The predicted octanol–water partition coefficient (Wildman–Crippen LogP) is 1.87. The zero-order valence-electron chi connectivity index (χ0n) is 16.8. The van der Waals surface area contributed by atoms with Crippen molar-refractivity contribution in [3.8, 4) is 0 Å². The summed E-state index contributed by atoms with van der Waals surface area (Å²) in [6, 6.07) is 0.410. The molecular weight excluding hydrogens is 396 g/mol. The molecule has 0 unspecified atom stereocenters. The number of nitrogens with one attached hydrogen (secondary N) is 3. The van der Waals surface area contributed by atoms with Gasteiger partial charge in [-0.05, 0) is 24.8 Å². The number of nitrogens with zero attached hydrogens (tertiary/aromatic N) is 4. The van der Waals surface area contributed by atoms with E-state index in [1.165, 1.54) is 10.7 Å². The fourth-order valence-corrected chi connectivity index (χ4v) is 2.86. The number of halogens is 2. The van der Waals surface area contributed by atoms with Crippen LogP contribution in [-0.4, -0.2) is 64.8 Å². The first kappa shape index (κ1) is 21.2. The molecule has 0 spiro atoms. The molecule has 160 valence electrons. The lowest BCUT2D eigenvalue weighted by Gasteiger charge is -2.36. The number of carbonyl (C=O) groups excluding carboxylic acids is 2. The first-order valence-corrected chi connectivity index (χ1v) is 9.27. The van der Waals surface area contributed by atoms with Gasteiger partial charge < -0.3 is 20.9 Å². The highest BCUT2D eigenvalue weighted by Gasteiger charge is 2.49. The van der Waals surface area contributed by atoms with E-state index in [1.807, 2.05) is 19.0 Å². The summed E-state index contributed by atoms with van der Waals surface area (Å²) in [5.41, 5.74) is 0.465. The average Bonchev–Trinajstić information content (AvgIpc) is 3.13. The fourth-order valence-electron chi connectivity index (χ4n) is 2.86. The molecule has 3 N–H and O–H groups in total. The highest BCUT2D eigenvalue weighted by Crippen LogP contribution is 2.37. The van der Waals surface area contributed by atoms with Crippen LogP contribution in [0.2, 0.25) is 0 Å². The molecule has 2 aromatic heterocycles. The Labute approximate surface area is 171 Å². The lowest BCUT2D eigenvalue weighted by molar-refractivity contribution is -0.104. The number of allylic oxidation sites excluding steroid dienone is 3. The number of carbonyl (C=O) groups is 2. The van der Waals surface area contributed by atoms with Crippen LogP contribution in [0.4, 0.5) is 20.4 Å². The highest BCUT2D eigenvalue weighted by atomic mass is 19.3. The summed E-state index contributed by atoms with van der Waals surface area (Å²) in [4.78, 5) is 30.1. The molecule has 0 radical (unpaired) electrons. The molecule has 1 saturated carbocycles. The van der Waals surface area contributed by atoms with E-state index in [9.17, 15) is 18.4 Å². The SMILES string of the molecule is CNc1cc(N/C(C=O)=C/C=C\N(C)C)nc2c(C(=O)N[C@H]3CCC3(F)F)cnn12. The van der Waals surface area contributed by atoms with Crippen LogP contribution in [0.3, 0.4) is 0 Å². The molecule has 2 heterocycles. The molecule has 0 saturated heterocycles. The molecule has 1 aliphatic carbocycles. The van der Waals surface area contributed by atoms with Gasteiger partial charge in [-0.15, -0.1) is 0 Å². The van der Waals surface area contributed by atoms with Crippen molar-refractivity contribution in [1.82, 2.24) is 24.8 Å². The molecule has 3 rings (SSSR count). The molecule has 1 aliphatic rings. The Kier molecular flexibility index (Phi) is 5.99. The molecule has 9 nitrogen and oxygen atoms in total. The Hall–Kier alpha value is -3.50. The van der Waals surface area contributed by atoms with Crippen molar-refractivity contribution in [1.29, 1.82) is 0 Å². The Morgan fingerprint density at radius 3 is 2.73 bits per heavy atom. The number of anilines is 2. The number of aldehydes is 1. The summed E-state index contributed by atoms with van der Waals surface area (Å²) in [7, 11) is 5.35. The van der Waals surface area contributed by atoms with Crippen LogP contribution in [0.25, 0.3) is 5.65 Å². The van der Waals surface area contributed by atoms with Crippen molar-refractivity contribution in [2.45, 2.75) is 24.8 Å². The molecular formula is C19H23F2N7O2. The van der Waals surface area contributed by atoms with Crippen LogP contribution in [0.1, 0.15) is 23.2 Å². The average molecular weight is 419 g/mol. The minimum Gasteiger partial charge on any atom is -0.383 e. The van der Waals surface area contributed by atoms with Crippen molar-refractivity contribution in [3.05, 3.63) is 41.9 Å². The lowest BCUT2D eigenvalue weighted by Crippen LogP contribution is -2.55. The van der Waals surface area contributed by atoms with E-state index >= 15 is 0 Å². The molecule has 0 aliphatic heterocycles. The van der Waals surface area contributed by atoms with Gasteiger partial charge in [0, 0.05) is 33.6 Å². The topological polar surface area (TPSA) is 104 Å². The van der Waals surface area contributed by atoms with Gasteiger partial charge in [-0.3, -0.25) is 9.59 Å². The maximum absolute atomic E-state index is 13.5. The van der Waals surface area contributed by atoms with Gasteiger partial charge in [-0.1, -0.05) is 0 Å². The largest absolute Gasteiger partial charge is 0.383 e. The Bertz CT molecular complexity index is 1010. The smallest absolute Gasteiger partial charge is 0.267 e. The second-order valence-electron chi connectivity index (χ2n) is 7.07. The fraction of sp³-hybridized carbons (Fsp3) is 0.368. The van der Waals surface area contributed by atoms with E-state index in [0.29, 0.717) is 12.1 Å². The number of fused-ring (bicyclic) bond motifs is 1. The highest BCUT2D eigenvalue weighted by molar-refractivity contribution is 6.00. The van der Waals surface area contributed by atoms with Crippen LogP contribution < -0.4 is 16.0 Å². The van der Waals surface area contributed by atoms with Crippen molar-refractivity contribution in [2.75, 3.05) is 31.8 Å². The summed E-state index contributed by atoms with van der Waals surface area (Å²) in [5, 5.41) is 12.3. The third-order valence-electron chi connectivity index (χ3n) is 4.61. The van der Waals surface area contributed by atoms with Crippen molar-refractivity contribution >= 4 is 29.5 Å². The van der Waals surface area contributed by atoms with Crippen LogP contribution >= 0.6 is 0 Å². The van der Waals surface area contributed by atoms with Gasteiger partial charge in [0.1, 0.15) is 17.2 Å². The first-order chi connectivity index (χ1) is 14.2. The third kappa shape index (κ3) is 4.39. The van der Waals surface area contributed by atoms with Crippen LogP contribution in [0.15, 0.2) is 36.3 Å². The van der Waals surface area contributed by atoms with E-state index in [4.69, 9.17) is 0 Å². The van der Waals surface area contributed by atoms with Gasteiger partial charge in [0.2, 0.25) is 0 Å². The second kappa shape index (κ2) is 8.47. The van der Waals surface area contributed by atoms with E-state index < -0.39 is 17.9 Å². The quantitative estimate of drug-likeness (QED) is 0.341. The zero-order chi connectivity index (χ0) is 21.9. The van der Waals surface area contributed by atoms with Gasteiger partial charge in [0.05, 0.1) is 17.9 Å². The van der Waals surface area contributed by atoms with Gasteiger partial charge in [-0.2, -0.15) is 9.61 Å². The first-order valence-electron chi connectivity index (χ1n) is 9.27. The number of aromatic nitrogens is 3. The third-order valence-corrected chi connectivity index (χ3v) is 4.61. The minimum atomic E-state index is -2.90. The normalized spacial score (nSPS) is 18.2. The van der Waals surface area contributed by atoms with Crippen LogP contribution in [0, 0.1) is 0 Å². The van der Waals surface area contributed by atoms with Crippen molar-refractivity contribution in [3.63, 3.8) is 0 Å². The summed E-state index contributed by atoms with van der Waals surface area (Å²) in [5.74, 6) is -2.81. The molecule has 0 aromatic carbocycles. The summed E-state index contributed by atoms with van der Waals surface area (Å²) >= 11 is 0. The number of hydrogen-bond acceptors (Lipinski definition) is 7. The van der Waals surface area contributed by atoms with Crippen LogP contribution in [0.5, 0.6) is 0 Å². The molecule has 30 heavy (non-hydrogen) atoms. The summed E-state index contributed by atoms with van der Waals surface area (Å²) in [6.45, 7) is 0. The van der Waals surface area contributed by atoms with E-state index in [0.717, 1.165) is 0 Å². The van der Waals surface area contributed by atoms with E-state index in [-0.39, 0.29) is 35.6 Å². The summed E-state index contributed by atoms with van der Waals surface area (Å²) < 4.78 is 28.4. The standard InChI is InChI=1S/C19H23F2N7O2/c1-22-16-9-15(24-12(11-29)5-4-8-27(2)3)26-17-13(10-23-28(16)17)18(30)25-14-6-7-19(14,20)21/h4-5,8-11,14,22H,6-7H2,1-3H3,(H,24,26)(H,25,30)/b8-4-,12-5+/t14-/m0/s1. The Balaban J connectivity index is 1.90. The van der Waals surface area contributed by atoms with Crippen LogP contribution in [-0.2, 0) is 4.79 Å². The molecule has 11 heteroatoms. The Morgan fingerprint density at radius 1 is 1.40 bits per heavy atom. The number of hydrogen-bond donors (Lipinski definition) is 3. The molecule has 1 atom stereocenters. The number of rotatable bonds is 8. The second-order valence-corrected chi connectivity index (χ2v) is 7.07. The minimum absolute atomic E-state index is 0.0574. The number of amides is 1. The number of alkyl halides is 2. The maximum Gasteiger partial charge on any atom is 0.267 e. The predicted molar refractivity (Wildman–Crippen MR) is 109 cm³/mol. The van der Waals surface area contributed by atoms with E-state index in [1.54, 1.807) is 31.5 Å². The van der Waals surface area contributed by atoms with Gasteiger partial charge in [0.15, 0.2) is 11.9 Å². The monoisotopic (exact) mass is 419 g/mol. The van der Waals surface area contributed by atoms with Gasteiger partial charge in [0.25, 0.3) is 11.8 Å². The Morgan fingerprint density at radius 2 is 2.17 bits per heavy atom. The molecule has 1 amide bonds. The molecule has 2 aromatic rings. The van der Waals surface area contributed by atoms with Crippen molar-refractivity contribution in [2.24, 2.45) is 0 Å². The molecule has 1 fully saturated rings. The molecule has 0 bridgehead atoms. The van der Waals surface area contributed by atoms with Crippen molar-refractivity contribution < 1.29 is 18.4 Å². The lowest BCUT2D eigenvalue weighted by atomic mass is 9.88. The maximum atomic E-state index is 13.5. The zero-order valence-corrected chi connectivity index (χ0v) is 16.8.